The van der Waals surface area contributed by atoms with Crippen molar-refractivity contribution in [3.63, 3.8) is 0 Å². The summed E-state index contributed by atoms with van der Waals surface area (Å²) in [4.78, 5) is 23.1. The molecule has 0 aromatic heterocycles. The van der Waals surface area contributed by atoms with Crippen LogP contribution in [0, 0.1) is 5.82 Å². The molecule has 0 bridgehead atoms. The lowest BCUT2D eigenvalue weighted by Gasteiger charge is -2.14. The Morgan fingerprint density at radius 3 is 2.73 bits per heavy atom. The number of hydrogen-bond acceptors (Lipinski definition) is 5. The molecule has 0 spiro atoms. The Balaban J connectivity index is 2.10. The van der Waals surface area contributed by atoms with E-state index in [1.807, 2.05) is 6.92 Å². The van der Waals surface area contributed by atoms with Crippen LogP contribution in [0.15, 0.2) is 39.9 Å². The van der Waals surface area contributed by atoms with E-state index in [0.717, 1.165) is 0 Å². The van der Waals surface area contributed by atoms with Crippen LogP contribution in [0.1, 0.15) is 24.5 Å². The number of hydrogen-bond donors (Lipinski definition) is 2. The van der Waals surface area contributed by atoms with Gasteiger partial charge in [0.1, 0.15) is 12.4 Å². The number of hydrazone groups is 1. The number of nitrogens with zero attached hydrogens (tertiary/aromatic N) is 1. The third-order valence-corrected chi connectivity index (χ3v) is 4.74. The molecule has 0 radical (unpaired) electrons. The van der Waals surface area contributed by atoms with Gasteiger partial charge in [0.2, 0.25) is 0 Å². The number of carbonyl (C=O) groups is 2. The topological polar surface area (TPSA) is 89.0 Å². The molecule has 2 rings (SSSR count). The Kier molecular flexibility index (Phi) is 9.07. The summed E-state index contributed by atoms with van der Waals surface area (Å²) >= 11 is 9.40. The Bertz CT molecular complexity index is 936. The first-order valence-electron chi connectivity index (χ1n) is 8.91. The van der Waals surface area contributed by atoms with Crippen LogP contribution in [0.4, 0.5) is 4.39 Å². The van der Waals surface area contributed by atoms with Gasteiger partial charge in [0.05, 0.1) is 22.8 Å². The second kappa shape index (κ2) is 11.5. The molecule has 2 aromatic carbocycles. The molecule has 0 aliphatic rings. The lowest BCUT2D eigenvalue weighted by atomic mass is 10.2. The number of carbonyl (C=O) groups excluding carboxylic acids is 2. The number of nitrogens with one attached hydrogen (secondary N) is 2. The van der Waals surface area contributed by atoms with Gasteiger partial charge in [-0.25, -0.2) is 9.82 Å². The third-order valence-electron chi connectivity index (χ3n) is 3.80. The minimum absolute atomic E-state index is 0.100. The zero-order valence-electron chi connectivity index (χ0n) is 16.3. The van der Waals surface area contributed by atoms with E-state index in [1.54, 1.807) is 18.2 Å². The smallest absolute Gasteiger partial charge is 0.329 e. The van der Waals surface area contributed by atoms with Crippen LogP contribution in [-0.2, 0) is 16.2 Å². The molecule has 0 heterocycles. The number of amides is 2. The van der Waals surface area contributed by atoms with Gasteiger partial charge in [-0.05, 0) is 52.2 Å². The number of rotatable bonds is 8. The fourth-order valence-corrected chi connectivity index (χ4v) is 3.10. The summed E-state index contributed by atoms with van der Waals surface area (Å²) < 4.78 is 25.5. The molecule has 2 amide bonds. The Labute approximate surface area is 186 Å². The highest BCUT2D eigenvalue weighted by Crippen LogP contribution is 2.37. The van der Waals surface area contributed by atoms with Crippen molar-refractivity contribution in [2.45, 2.75) is 20.0 Å². The average molecular weight is 501 g/mol. The first-order chi connectivity index (χ1) is 14.4. The summed E-state index contributed by atoms with van der Waals surface area (Å²) in [6.07, 6.45) is 2.06. The molecule has 0 unspecified atom stereocenters. The fraction of sp³-hybridized carbons (Fsp3) is 0.250. The SMILES string of the molecule is CCCNC(=O)C(=O)N/N=C\c1cc(Br)c(OCc2c(F)cccc2Cl)c(OC)c1. The van der Waals surface area contributed by atoms with Crippen LogP contribution in [-0.4, -0.2) is 31.7 Å². The summed E-state index contributed by atoms with van der Waals surface area (Å²) in [7, 11) is 1.45. The Morgan fingerprint density at radius 2 is 2.07 bits per heavy atom. The van der Waals surface area contributed by atoms with E-state index in [1.165, 1.54) is 25.5 Å². The quantitative estimate of drug-likeness (QED) is 0.328. The van der Waals surface area contributed by atoms with Crippen molar-refractivity contribution in [1.29, 1.82) is 0 Å². The van der Waals surface area contributed by atoms with E-state index in [4.69, 9.17) is 21.1 Å². The van der Waals surface area contributed by atoms with Gasteiger partial charge in [0, 0.05) is 12.1 Å². The van der Waals surface area contributed by atoms with Crippen LogP contribution in [0.2, 0.25) is 5.02 Å². The predicted octanol–water partition coefficient (Wildman–Crippen LogP) is 3.81. The van der Waals surface area contributed by atoms with Gasteiger partial charge >= 0.3 is 11.8 Å². The maximum Gasteiger partial charge on any atom is 0.329 e. The standard InChI is InChI=1S/C20H20BrClFN3O4/c1-3-7-24-19(27)20(28)26-25-10-12-8-14(21)18(17(9-12)29-2)30-11-13-15(22)5-4-6-16(13)23/h4-6,8-10H,3,7,11H2,1-2H3,(H,24,27)(H,26,28)/b25-10-. The maximum atomic E-state index is 13.9. The zero-order chi connectivity index (χ0) is 22.1. The van der Waals surface area contributed by atoms with Gasteiger partial charge in [-0.2, -0.15) is 5.10 Å². The summed E-state index contributed by atoms with van der Waals surface area (Å²) in [5.74, 6) is -1.40. The number of benzene rings is 2. The summed E-state index contributed by atoms with van der Waals surface area (Å²) in [5.41, 5.74) is 2.93. The highest BCUT2D eigenvalue weighted by molar-refractivity contribution is 9.10. The van der Waals surface area contributed by atoms with E-state index in [-0.39, 0.29) is 17.2 Å². The van der Waals surface area contributed by atoms with Crippen molar-refractivity contribution in [2.75, 3.05) is 13.7 Å². The van der Waals surface area contributed by atoms with Crippen LogP contribution in [0.5, 0.6) is 11.5 Å². The second-order valence-corrected chi connectivity index (χ2v) is 7.24. The molecule has 2 aromatic rings. The van der Waals surface area contributed by atoms with Gasteiger partial charge in [-0.15, -0.1) is 0 Å². The van der Waals surface area contributed by atoms with Gasteiger partial charge in [-0.3, -0.25) is 9.59 Å². The van der Waals surface area contributed by atoms with Crippen LogP contribution < -0.4 is 20.2 Å². The Morgan fingerprint density at radius 1 is 1.30 bits per heavy atom. The number of halogens is 3. The minimum Gasteiger partial charge on any atom is -0.493 e. The van der Waals surface area contributed by atoms with E-state index >= 15 is 0 Å². The summed E-state index contributed by atoms with van der Waals surface area (Å²) in [5, 5.41) is 6.47. The fourth-order valence-electron chi connectivity index (χ4n) is 2.30. The van der Waals surface area contributed by atoms with Gasteiger partial charge in [0.15, 0.2) is 11.5 Å². The molecule has 0 atom stereocenters. The molecule has 30 heavy (non-hydrogen) atoms. The van der Waals surface area contributed by atoms with Crippen molar-refractivity contribution in [2.24, 2.45) is 5.10 Å². The predicted molar refractivity (Wildman–Crippen MR) is 115 cm³/mol. The lowest BCUT2D eigenvalue weighted by Crippen LogP contribution is -2.38. The highest BCUT2D eigenvalue weighted by Gasteiger charge is 2.15. The van der Waals surface area contributed by atoms with Crippen molar-refractivity contribution >= 4 is 45.6 Å². The Hall–Kier alpha value is -2.65. The maximum absolute atomic E-state index is 13.9. The first kappa shape index (κ1) is 23.6. The largest absolute Gasteiger partial charge is 0.493 e. The number of methoxy groups -OCH3 is 1. The first-order valence-corrected chi connectivity index (χ1v) is 10.1. The normalized spacial score (nSPS) is 10.7. The molecule has 160 valence electrons. The molecule has 10 heteroatoms. The van der Waals surface area contributed by atoms with Crippen molar-refractivity contribution < 1.29 is 23.5 Å². The zero-order valence-corrected chi connectivity index (χ0v) is 18.6. The molecule has 2 N–H and O–H groups in total. The molecule has 0 aliphatic carbocycles. The van der Waals surface area contributed by atoms with E-state index < -0.39 is 17.6 Å². The molecular weight excluding hydrogens is 481 g/mol. The van der Waals surface area contributed by atoms with E-state index in [9.17, 15) is 14.0 Å². The summed E-state index contributed by atoms with van der Waals surface area (Å²) in [6.45, 7) is 2.18. The number of ether oxygens (including phenoxy) is 2. The van der Waals surface area contributed by atoms with E-state index in [2.05, 4.69) is 31.8 Å². The monoisotopic (exact) mass is 499 g/mol. The second-order valence-electron chi connectivity index (χ2n) is 5.98. The molecule has 0 saturated heterocycles. The molecule has 0 saturated carbocycles. The third kappa shape index (κ3) is 6.43. The minimum atomic E-state index is -0.868. The molecule has 7 nitrogen and oxygen atoms in total. The van der Waals surface area contributed by atoms with Crippen LogP contribution >= 0.6 is 27.5 Å². The van der Waals surface area contributed by atoms with Crippen LogP contribution in [0.25, 0.3) is 0 Å². The highest BCUT2D eigenvalue weighted by atomic mass is 79.9. The lowest BCUT2D eigenvalue weighted by molar-refractivity contribution is -0.139. The van der Waals surface area contributed by atoms with Gasteiger partial charge in [-0.1, -0.05) is 24.6 Å². The summed E-state index contributed by atoms with van der Waals surface area (Å²) in [6, 6.07) is 7.65. The van der Waals surface area contributed by atoms with Gasteiger partial charge < -0.3 is 14.8 Å². The van der Waals surface area contributed by atoms with E-state index in [0.29, 0.717) is 34.5 Å². The molecular formula is C20H20BrClFN3O4. The van der Waals surface area contributed by atoms with Crippen molar-refractivity contribution in [3.05, 3.63) is 56.8 Å². The molecule has 0 fully saturated rings. The van der Waals surface area contributed by atoms with Crippen molar-refractivity contribution in [1.82, 2.24) is 10.7 Å². The van der Waals surface area contributed by atoms with Crippen LogP contribution in [0.3, 0.4) is 0 Å². The van der Waals surface area contributed by atoms with Gasteiger partial charge in [0.25, 0.3) is 0 Å². The average Bonchev–Trinajstić information content (AvgIpc) is 2.72. The molecule has 0 aliphatic heterocycles. The van der Waals surface area contributed by atoms with Crippen molar-refractivity contribution in [3.8, 4) is 11.5 Å².